The molecule has 2 aromatic carbocycles. The van der Waals surface area contributed by atoms with E-state index in [4.69, 9.17) is 4.74 Å². The molecule has 0 aliphatic rings. The maximum Gasteiger partial charge on any atom is 0.255 e. The molecule has 0 saturated heterocycles. The van der Waals surface area contributed by atoms with Crippen LogP contribution in [0.5, 0.6) is 5.75 Å². The molecule has 3 rings (SSSR count). The Morgan fingerprint density at radius 1 is 1.17 bits per heavy atom. The van der Waals surface area contributed by atoms with Gasteiger partial charge in [0.1, 0.15) is 12.4 Å². The molecule has 1 amide bonds. The summed E-state index contributed by atoms with van der Waals surface area (Å²) in [6.45, 7) is 3.89. The first-order chi connectivity index (χ1) is 14.4. The highest BCUT2D eigenvalue weighted by molar-refractivity contribution is 7.92. The monoisotopic (exact) mass is 445 g/mol. The van der Waals surface area contributed by atoms with Gasteiger partial charge in [0.05, 0.1) is 22.6 Å². The van der Waals surface area contributed by atoms with Crippen molar-refractivity contribution in [1.29, 1.82) is 0 Å². The summed E-state index contributed by atoms with van der Waals surface area (Å²) >= 11 is 1.49. The van der Waals surface area contributed by atoms with E-state index < -0.39 is 10.0 Å². The number of hydrogen-bond acceptors (Lipinski definition) is 6. The normalized spacial score (nSPS) is 11.1. The third-order valence-electron chi connectivity index (χ3n) is 4.29. The molecule has 158 valence electrons. The van der Waals surface area contributed by atoms with E-state index in [-0.39, 0.29) is 11.7 Å². The minimum absolute atomic E-state index is 0.0384. The number of nitrogens with one attached hydrogen (secondary N) is 2. The fourth-order valence-corrected chi connectivity index (χ4v) is 4.50. The van der Waals surface area contributed by atoms with Gasteiger partial charge in [-0.3, -0.25) is 9.52 Å². The minimum atomic E-state index is -3.42. The third kappa shape index (κ3) is 5.80. The summed E-state index contributed by atoms with van der Waals surface area (Å²) in [5, 5.41) is 4.75. The van der Waals surface area contributed by atoms with E-state index in [0.717, 1.165) is 5.69 Å². The number of nitrogens with zero attached hydrogens (tertiary/aromatic N) is 1. The highest BCUT2D eigenvalue weighted by atomic mass is 32.2. The molecule has 9 heteroatoms. The molecular formula is C21H23N3O4S2. The molecule has 0 aliphatic carbocycles. The zero-order valence-corrected chi connectivity index (χ0v) is 18.3. The maximum absolute atomic E-state index is 12.7. The molecule has 3 aromatic rings. The first kappa shape index (κ1) is 21.8. The van der Waals surface area contributed by atoms with Gasteiger partial charge in [-0.1, -0.05) is 19.1 Å². The van der Waals surface area contributed by atoms with Gasteiger partial charge in [0, 0.05) is 16.6 Å². The molecule has 1 heterocycles. The molecule has 0 spiro atoms. The Labute approximate surface area is 180 Å². The predicted molar refractivity (Wildman–Crippen MR) is 120 cm³/mol. The number of carbonyl (C=O) groups excluding carboxylic acids is 1. The van der Waals surface area contributed by atoms with Crippen LogP contribution < -0.4 is 14.8 Å². The summed E-state index contributed by atoms with van der Waals surface area (Å²) in [7, 11) is -3.42. The van der Waals surface area contributed by atoms with E-state index >= 15 is 0 Å². The van der Waals surface area contributed by atoms with Crippen LogP contribution in [0.15, 0.2) is 53.4 Å². The SMILES string of the molecule is CCCS(=O)(=O)Nc1cccc(NC(=O)c2cccc(OCc3cscn3)c2)c1C. The van der Waals surface area contributed by atoms with Crippen molar-refractivity contribution in [3.8, 4) is 5.75 Å². The lowest BCUT2D eigenvalue weighted by Crippen LogP contribution is -2.18. The standard InChI is InChI=1S/C21H23N3O4S2/c1-3-10-30(26,27)24-20-9-5-8-19(15(20)2)23-21(25)16-6-4-7-18(11-16)28-12-17-13-29-14-22-17/h4-9,11,13-14,24H,3,10,12H2,1-2H3,(H,23,25). The lowest BCUT2D eigenvalue weighted by molar-refractivity contribution is 0.102. The van der Waals surface area contributed by atoms with Gasteiger partial charge in [0.25, 0.3) is 5.91 Å². The largest absolute Gasteiger partial charge is 0.487 e. The quantitative estimate of drug-likeness (QED) is 0.508. The molecule has 0 saturated carbocycles. The van der Waals surface area contributed by atoms with Gasteiger partial charge in [0.15, 0.2) is 0 Å². The Balaban J connectivity index is 1.71. The van der Waals surface area contributed by atoms with Crippen LogP contribution in [0.25, 0.3) is 0 Å². The molecule has 0 radical (unpaired) electrons. The van der Waals surface area contributed by atoms with Crippen molar-refractivity contribution in [2.45, 2.75) is 26.9 Å². The van der Waals surface area contributed by atoms with Crippen LogP contribution in [-0.2, 0) is 16.6 Å². The van der Waals surface area contributed by atoms with Crippen LogP contribution in [0.1, 0.15) is 35.0 Å². The van der Waals surface area contributed by atoms with Crippen molar-refractivity contribution in [2.24, 2.45) is 0 Å². The van der Waals surface area contributed by atoms with Gasteiger partial charge in [-0.2, -0.15) is 0 Å². The van der Waals surface area contributed by atoms with Crippen LogP contribution in [0.3, 0.4) is 0 Å². The molecule has 1 aromatic heterocycles. The number of aromatic nitrogens is 1. The number of carbonyl (C=O) groups is 1. The number of anilines is 2. The Kier molecular flexibility index (Phi) is 7.07. The van der Waals surface area contributed by atoms with Gasteiger partial charge >= 0.3 is 0 Å². The van der Waals surface area contributed by atoms with E-state index in [1.54, 1.807) is 61.8 Å². The van der Waals surface area contributed by atoms with Gasteiger partial charge in [-0.25, -0.2) is 13.4 Å². The van der Waals surface area contributed by atoms with Gasteiger partial charge < -0.3 is 10.1 Å². The van der Waals surface area contributed by atoms with Crippen molar-refractivity contribution in [2.75, 3.05) is 15.8 Å². The second-order valence-electron chi connectivity index (χ2n) is 6.65. The number of hydrogen-bond donors (Lipinski definition) is 2. The van der Waals surface area contributed by atoms with E-state index in [1.807, 2.05) is 5.38 Å². The number of thiazole rings is 1. The summed E-state index contributed by atoms with van der Waals surface area (Å²) < 4.78 is 32.4. The Hall–Kier alpha value is -2.91. The zero-order valence-electron chi connectivity index (χ0n) is 16.7. The second-order valence-corrected chi connectivity index (χ2v) is 9.21. The lowest BCUT2D eigenvalue weighted by atomic mass is 10.1. The van der Waals surface area contributed by atoms with E-state index in [9.17, 15) is 13.2 Å². The van der Waals surface area contributed by atoms with Crippen LogP contribution in [-0.4, -0.2) is 25.1 Å². The van der Waals surface area contributed by atoms with Crippen LogP contribution in [0, 0.1) is 6.92 Å². The van der Waals surface area contributed by atoms with Crippen LogP contribution in [0.4, 0.5) is 11.4 Å². The van der Waals surface area contributed by atoms with Crippen molar-refractivity contribution in [3.63, 3.8) is 0 Å². The van der Waals surface area contributed by atoms with E-state index in [1.165, 1.54) is 11.3 Å². The smallest absolute Gasteiger partial charge is 0.255 e. The van der Waals surface area contributed by atoms with Crippen molar-refractivity contribution < 1.29 is 17.9 Å². The summed E-state index contributed by atoms with van der Waals surface area (Å²) in [4.78, 5) is 16.9. The fraction of sp³-hybridized carbons (Fsp3) is 0.238. The minimum Gasteiger partial charge on any atom is -0.487 e. The van der Waals surface area contributed by atoms with E-state index in [2.05, 4.69) is 15.0 Å². The molecule has 0 fully saturated rings. The second kappa shape index (κ2) is 9.73. The maximum atomic E-state index is 12.7. The highest BCUT2D eigenvalue weighted by Gasteiger charge is 2.14. The van der Waals surface area contributed by atoms with Crippen LogP contribution in [0.2, 0.25) is 0 Å². The van der Waals surface area contributed by atoms with Crippen LogP contribution >= 0.6 is 11.3 Å². The van der Waals surface area contributed by atoms with Crippen molar-refractivity contribution >= 4 is 38.6 Å². The number of amides is 1. The lowest BCUT2D eigenvalue weighted by Gasteiger charge is -2.14. The number of sulfonamides is 1. The summed E-state index contributed by atoms with van der Waals surface area (Å²) in [5.41, 5.74) is 4.62. The first-order valence-corrected chi connectivity index (χ1v) is 12.0. The molecule has 7 nitrogen and oxygen atoms in total. The average Bonchev–Trinajstić information content (AvgIpc) is 3.23. The van der Waals surface area contributed by atoms with E-state index in [0.29, 0.717) is 41.3 Å². The van der Waals surface area contributed by atoms with Crippen molar-refractivity contribution in [3.05, 3.63) is 70.2 Å². The summed E-state index contributed by atoms with van der Waals surface area (Å²) in [6, 6.07) is 12.0. The molecular weight excluding hydrogens is 422 g/mol. The van der Waals surface area contributed by atoms with Gasteiger partial charge in [0.2, 0.25) is 10.0 Å². The molecule has 30 heavy (non-hydrogen) atoms. The fourth-order valence-electron chi connectivity index (χ4n) is 2.76. The Morgan fingerprint density at radius 3 is 2.67 bits per heavy atom. The molecule has 0 aliphatic heterocycles. The highest BCUT2D eigenvalue weighted by Crippen LogP contribution is 2.25. The number of benzene rings is 2. The number of ether oxygens (including phenoxy) is 1. The topological polar surface area (TPSA) is 97.4 Å². The Bertz CT molecular complexity index is 1110. The number of rotatable bonds is 9. The molecule has 0 bridgehead atoms. The third-order valence-corrected chi connectivity index (χ3v) is 6.40. The molecule has 0 atom stereocenters. The Morgan fingerprint density at radius 2 is 1.93 bits per heavy atom. The van der Waals surface area contributed by atoms with Gasteiger partial charge in [-0.05, 0) is 49.2 Å². The molecule has 0 unspecified atom stereocenters. The molecule has 2 N–H and O–H groups in total. The first-order valence-electron chi connectivity index (χ1n) is 9.39. The predicted octanol–water partition coefficient (Wildman–Crippen LogP) is 4.43. The zero-order chi connectivity index (χ0) is 21.6. The van der Waals surface area contributed by atoms with Crippen molar-refractivity contribution in [1.82, 2.24) is 4.98 Å². The summed E-state index contributed by atoms with van der Waals surface area (Å²) in [6.07, 6.45) is 0.520. The average molecular weight is 446 g/mol. The van der Waals surface area contributed by atoms with Gasteiger partial charge in [-0.15, -0.1) is 11.3 Å². The summed E-state index contributed by atoms with van der Waals surface area (Å²) in [5.74, 6) is 0.288.